The Balaban J connectivity index is 0.000000413. The SMILES string of the molecule is O=C(O)CCBr.O=C(O)CCOc1cccc(F)c1.Oc1cccc(F)c1. The van der Waals surface area contributed by atoms with Gasteiger partial charge in [0.15, 0.2) is 0 Å². The minimum atomic E-state index is -0.934. The zero-order valence-electron chi connectivity index (χ0n) is 14.1. The Morgan fingerprint density at radius 2 is 1.48 bits per heavy atom. The number of rotatable bonds is 6. The molecule has 2 aromatic carbocycles. The van der Waals surface area contributed by atoms with Gasteiger partial charge < -0.3 is 20.1 Å². The van der Waals surface area contributed by atoms with Crippen LogP contribution in [0.3, 0.4) is 0 Å². The Kier molecular flexibility index (Phi) is 13.0. The van der Waals surface area contributed by atoms with Crippen LogP contribution < -0.4 is 4.74 Å². The number of aromatic hydroxyl groups is 1. The van der Waals surface area contributed by atoms with Gasteiger partial charge in [0, 0.05) is 17.5 Å². The largest absolute Gasteiger partial charge is 0.508 e. The van der Waals surface area contributed by atoms with E-state index in [-0.39, 0.29) is 25.2 Å². The number of alkyl halides is 1. The smallest absolute Gasteiger partial charge is 0.306 e. The van der Waals surface area contributed by atoms with E-state index in [1.807, 2.05) is 0 Å². The number of hydrogen-bond acceptors (Lipinski definition) is 4. The molecule has 0 heterocycles. The Morgan fingerprint density at radius 3 is 1.85 bits per heavy atom. The van der Waals surface area contributed by atoms with Crippen LogP contribution in [-0.2, 0) is 9.59 Å². The molecule has 0 aliphatic heterocycles. The zero-order chi connectivity index (χ0) is 20.7. The molecule has 2 aromatic rings. The molecule has 0 spiro atoms. The highest BCUT2D eigenvalue weighted by molar-refractivity contribution is 9.09. The van der Waals surface area contributed by atoms with E-state index in [1.165, 1.54) is 36.4 Å². The summed E-state index contributed by atoms with van der Waals surface area (Å²) in [7, 11) is 0. The van der Waals surface area contributed by atoms with Crippen LogP contribution >= 0.6 is 15.9 Å². The first-order chi connectivity index (χ1) is 12.7. The summed E-state index contributed by atoms with van der Waals surface area (Å²) in [5, 5.41) is 25.3. The second-order valence-corrected chi connectivity index (χ2v) is 5.56. The van der Waals surface area contributed by atoms with E-state index in [1.54, 1.807) is 6.07 Å². The minimum absolute atomic E-state index is 0.0370. The summed E-state index contributed by atoms with van der Waals surface area (Å²) in [6.07, 6.45) is 0.122. The van der Waals surface area contributed by atoms with Gasteiger partial charge >= 0.3 is 11.9 Å². The Labute approximate surface area is 163 Å². The van der Waals surface area contributed by atoms with Gasteiger partial charge in [-0.3, -0.25) is 9.59 Å². The van der Waals surface area contributed by atoms with Gasteiger partial charge in [0.25, 0.3) is 0 Å². The highest BCUT2D eigenvalue weighted by Gasteiger charge is 1.98. The summed E-state index contributed by atoms with van der Waals surface area (Å²) < 4.78 is 29.5. The summed E-state index contributed by atoms with van der Waals surface area (Å²) in [6.45, 7) is 0.0544. The molecule has 0 fully saturated rings. The number of phenols is 1. The molecule has 9 heteroatoms. The predicted molar refractivity (Wildman–Crippen MR) is 98.3 cm³/mol. The number of halogens is 3. The third-order valence-electron chi connectivity index (χ3n) is 2.50. The number of ether oxygens (including phenoxy) is 1. The van der Waals surface area contributed by atoms with Crippen LogP contribution in [0, 0.1) is 11.6 Å². The molecule has 6 nitrogen and oxygen atoms in total. The normalized spacial score (nSPS) is 9.15. The van der Waals surface area contributed by atoms with Crippen LogP contribution in [0.25, 0.3) is 0 Å². The molecule has 0 saturated heterocycles. The van der Waals surface area contributed by atoms with Crippen LogP contribution in [0.5, 0.6) is 11.5 Å². The van der Waals surface area contributed by atoms with E-state index in [9.17, 15) is 18.4 Å². The number of carbonyl (C=O) groups is 2. The maximum atomic E-state index is 12.6. The van der Waals surface area contributed by atoms with Crippen molar-refractivity contribution in [3.63, 3.8) is 0 Å². The summed E-state index contributed by atoms with van der Waals surface area (Å²) >= 11 is 2.97. The molecule has 0 bridgehead atoms. The summed E-state index contributed by atoms with van der Waals surface area (Å²) in [5.74, 6) is -2.19. The molecule has 0 saturated carbocycles. The summed E-state index contributed by atoms with van der Waals surface area (Å²) in [5.41, 5.74) is 0. The first-order valence-corrected chi connectivity index (χ1v) is 8.69. The quantitative estimate of drug-likeness (QED) is 0.575. The third-order valence-corrected chi connectivity index (χ3v) is 2.89. The van der Waals surface area contributed by atoms with Crippen molar-refractivity contribution in [2.24, 2.45) is 0 Å². The maximum Gasteiger partial charge on any atom is 0.306 e. The van der Waals surface area contributed by atoms with Gasteiger partial charge in [0.05, 0.1) is 19.4 Å². The average molecular weight is 449 g/mol. The molecule has 0 amide bonds. The van der Waals surface area contributed by atoms with Crippen molar-refractivity contribution in [1.29, 1.82) is 0 Å². The Bertz CT molecular complexity index is 695. The van der Waals surface area contributed by atoms with Gasteiger partial charge in [-0.1, -0.05) is 28.1 Å². The number of carboxylic acid groups (broad SMARTS) is 2. The van der Waals surface area contributed by atoms with Crippen LogP contribution in [0.15, 0.2) is 48.5 Å². The van der Waals surface area contributed by atoms with E-state index < -0.39 is 23.6 Å². The van der Waals surface area contributed by atoms with Crippen LogP contribution in [0.4, 0.5) is 8.78 Å². The lowest BCUT2D eigenvalue weighted by molar-refractivity contribution is -0.138. The fourth-order valence-corrected chi connectivity index (χ4v) is 1.71. The van der Waals surface area contributed by atoms with Crippen molar-refractivity contribution < 1.29 is 38.4 Å². The first-order valence-electron chi connectivity index (χ1n) is 7.57. The van der Waals surface area contributed by atoms with Crippen molar-refractivity contribution >= 4 is 27.9 Å². The van der Waals surface area contributed by atoms with E-state index in [0.29, 0.717) is 11.1 Å². The van der Waals surface area contributed by atoms with Gasteiger partial charge in [-0.05, 0) is 24.3 Å². The highest BCUT2D eigenvalue weighted by Crippen LogP contribution is 2.11. The molecule has 0 unspecified atom stereocenters. The fourth-order valence-electron chi connectivity index (χ4n) is 1.37. The second-order valence-electron chi connectivity index (χ2n) is 4.76. The highest BCUT2D eigenvalue weighted by atomic mass is 79.9. The number of aliphatic carboxylic acids is 2. The van der Waals surface area contributed by atoms with Gasteiger partial charge in [0.2, 0.25) is 0 Å². The number of carboxylic acids is 2. The van der Waals surface area contributed by atoms with Gasteiger partial charge in [-0.15, -0.1) is 0 Å². The van der Waals surface area contributed by atoms with Crippen molar-refractivity contribution in [1.82, 2.24) is 0 Å². The van der Waals surface area contributed by atoms with Crippen molar-refractivity contribution in [2.75, 3.05) is 11.9 Å². The Morgan fingerprint density at radius 1 is 0.926 bits per heavy atom. The van der Waals surface area contributed by atoms with Crippen LogP contribution in [-0.4, -0.2) is 39.2 Å². The van der Waals surface area contributed by atoms with Crippen molar-refractivity contribution in [2.45, 2.75) is 12.8 Å². The lowest BCUT2D eigenvalue weighted by atomic mass is 10.3. The molecule has 27 heavy (non-hydrogen) atoms. The second kappa shape index (κ2) is 14.5. The molecule has 3 N–H and O–H groups in total. The zero-order valence-corrected chi connectivity index (χ0v) is 15.7. The van der Waals surface area contributed by atoms with Crippen molar-refractivity contribution in [3.05, 3.63) is 60.2 Å². The lowest BCUT2D eigenvalue weighted by Crippen LogP contribution is -2.04. The van der Waals surface area contributed by atoms with E-state index in [0.717, 1.165) is 6.07 Å². The standard InChI is InChI=1S/C9H9FO3.C6H5FO.C3H5BrO2/c10-7-2-1-3-8(6-7)13-5-4-9(11)12;7-5-2-1-3-6(8)4-5;4-2-1-3(5)6/h1-3,6H,4-5H2,(H,11,12);1-4,8H;1-2H2,(H,5,6). The van der Waals surface area contributed by atoms with Gasteiger partial charge in [-0.25, -0.2) is 8.78 Å². The molecular formula is C18H19BrF2O6. The monoisotopic (exact) mass is 448 g/mol. The molecule has 0 atom stereocenters. The van der Waals surface area contributed by atoms with E-state index in [2.05, 4.69) is 15.9 Å². The predicted octanol–water partition coefficient (Wildman–Crippen LogP) is 4.07. The molecule has 148 valence electrons. The lowest BCUT2D eigenvalue weighted by Gasteiger charge is -2.03. The van der Waals surface area contributed by atoms with Gasteiger partial charge in [-0.2, -0.15) is 0 Å². The molecule has 0 aliphatic carbocycles. The van der Waals surface area contributed by atoms with E-state index >= 15 is 0 Å². The molecule has 0 aromatic heterocycles. The molecule has 0 radical (unpaired) electrons. The van der Waals surface area contributed by atoms with Crippen molar-refractivity contribution in [3.8, 4) is 11.5 Å². The number of phenolic OH excluding ortho intramolecular Hbond substituents is 1. The Hall–Kier alpha value is -2.68. The summed E-state index contributed by atoms with van der Waals surface area (Å²) in [6, 6.07) is 10.8. The first kappa shape index (κ1) is 24.3. The fraction of sp³-hybridized carbons (Fsp3) is 0.222. The number of benzene rings is 2. The van der Waals surface area contributed by atoms with E-state index in [4.69, 9.17) is 20.1 Å². The third kappa shape index (κ3) is 15.3. The topological polar surface area (TPSA) is 104 Å². The number of hydrogen-bond donors (Lipinski definition) is 3. The average Bonchev–Trinajstić information content (AvgIpc) is 2.55. The molecular weight excluding hydrogens is 430 g/mol. The minimum Gasteiger partial charge on any atom is -0.508 e. The molecule has 2 rings (SSSR count). The van der Waals surface area contributed by atoms with Crippen LogP contribution in [0.1, 0.15) is 12.8 Å². The van der Waals surface area contributed by atoms with Crippen LogP contribution in [0.2, 0.25) is 0 Å². The molecule has 0 aliphatic rings. The van der Waals surface area contributed by atoms with Gasteiger partial charge in [0.1, 0.15) is 23.1 Å². The maximum absolute atomic E-state index is 12.6. The summed E-state index contributed by atoms with van der Waals surface area (Å²) in [4.78, 5) is 19.7.